The van der Waals surface area contributed by atoms with Gasteiger partial charge in [-0.05, 0) is 23.8 Å². The van der Waals surface area contributed by atoms with Crippen LogP contribution in [0.3, 0.4) is 0 Å². The number of nitrogens with zero attached hydrogens (tertiary/aromatic N) is 2. The van der Waals surface area contributed by atoms with Crippen molar-refractivity contribution in [2.45, 2.75) is 5.92 Å². The largest absolute Gasteiger partial charge is 0.366 e. The summed E-state index contributed by atoms with van der Waals surface area (Å²) in [6, 6.07) is 4.65. The number of aromatic nitrogens is 2. The number of hydrogen-bond acceptors (Lipinski definition) is 4. The fraction of sp³-hybridized carbons (Fsp3) is 0.312. The van der Waals surface area contributed by atoms with Crippen LogP contribution in [-0.2, 0) is 11.8 Å². The molecule has 0 radical (unpaired) electrons. The number of rotatable bonds is 4. The summed E-state index contributed by atoms with van der Waals surface area (Å²) in [6.45, 7) is 1.32. The number of halogens is 2. The number of benzene rings is 1. The van der Waals surface area contributed by atoms with Crippen LogP contribution in [0.5, 0.6) is 0 Å². The predicted molar refractivity (Wildman–Crippen MR) is 98.2 cm³/mol. The maximum absolute atomic E-state index is 12.6. The van der Waals surface area contributed by atoms with Crippen molar-refractivity contribution in [3.05, 3.63) is 46.7 Å². The molecule has 1 aromatic carbocycles. The number of carbonyl (C=O) groups is 2. The number of nitrogens with two attached hydrogens (primary N) is 1. The molecule has 0 saturated carbocycles. The molecule has 0 bridgehead atoms. The Bertz CT molecular complexity index is 793. The first-order chi connectivity index (χ1) is 11.5. The lowest BCUT2D eigenvalue weighted by atomic mass is 9.90. The lowest BCUT2D eigenvalue weighted by Crippen LogP contribution is -2.28. The summed E-state index contributed by atoms with van der Waals surface area (Å²) in [5.41, 5.74) is 7.02. The van der Waals surface area contributed by atoms with Crippen LogP contribution in [0.15, 0.2) is 30.6 Å². The standard InChI is InChI=1S/C16H18ClN5O2.ClH/c1-22-8-9(5-20-22)12-6-19-7-13(12)16(24)21-10-2-3-11(15(18)23)14(17)4-10;/h2-5,8,12-13,19H,6-7H2,1H3,(H2,18,23)(H,21,24);1H/t12-,13+;/m1./s1. The molecule has 0 unspecified atom stereocenters. The highest BCUT2D eigenvalue weighted by Crippen LogP contribution is 2.29. The number of anilines is 1. The number of aryl methyl sites for hydroxylation is 1. The van der Waals surface area contributed by atoms with Crippen molar-refractivity contribution in [1.29, 1.82) is 0 Å². The van der Waals surface area contributed by atoms with Crippen LogP contribution >= 0.6 is 24.0 Å². The summed E-state index contributed by atoms with van der Waals surface area (Å²) in [5.74, 6) is -0.839. The summed E-state index contributed by atoms with van der Waals surface area (Å²) >= 11 is 6.02. The van der Waals surface area contributed by atoms with Crippen molar-refractivity contribution in [2.75, 3.05) is 18.4 Å². The van der Waals surface area contributed by atoms with Crippen LogP contribution < -0.4 is 16.4 Å². The molecule has 2 amide bonds. The van der Waals surface area contributed by atoms with Gasteiger partial charge >= 0.3 is 0 Å². The number of carbonyl (C=O) groups excluding carboxylic acids is 2. The van der Waals surface area contributed by atoms with Gasteiger partial charge < -0.3 is 16.4 Å². The quantitative estimate of drug-likeness (QED) is 0.744. The number of nitrogens with one attached hydrogen (secondary N) is 2. The molecule has 1 saturated heterocycles. The Kier molecular flexibility index (Phi) is 6.05. The van der Waals surface area contributed by atoms with Crippen LogP contribution in [0, 0.1) is 5.92 Å². The third-order valence-electron chi connectivity index (χ3n) is 4.21. The van der Waals surface area contributed by atoms with E-state index < -0.39 is 5.91 Å². The van der Waals surface area contributed by atoms with Gasteiger partial charge in [0.15, 0.2) is 0 Å². The molecule has 7 nitrogen and oxygen atoms in total. The minimum absolute atomic E-state index is 0. The Morgan fingerprint density at radius 2 is 2.16 bits per heavy atom. The molecule has 1 aliphatic rings. The van der Waals surface area contributed by atoms with Crippen molar-refractivity contribution >= 4 is 41.5 Å². The van der Waals surface area contributed by atoms with Crippen LogP contribution in [0.2, 0.25) is 5.02 Å². The van der Waals surface area contributed by atoms with E-state index in [1.165, 1.54) is 12.1 Å². The van der Waals surface area contributed by atoms with E-state index in [1.54, 1.807) is 16.9 Å². The van der Waals surface area contributed by atoms with Crippen molar-refractivity contribution in [2.24, 2.45) is 18.7 Å². The zero-order valence-corrected chi connectivity index (χ0v) is 15.1. The van der Waals surface area contributed by atoms with E-state index in [1.807, 2.05) is 13.2 Å². The van der Waals surface area contributed by atoms with E-state index in [4.69, 9.17) is 17.3 Å². The number of primary amides is 1. The SMILES string of the molecule is Cl.Cn1cc([C@H]2CNC[C@@H]2C(=O)Nc2ccc(C(N)=O)c(Cl)c2)cn1. The van der Waals surface area contributed by atoms with Gasteiger partial charge in [0.1, 0.15) is 0 Å². The van der Waals surface area contributed by atoms with Crippen molar-refractivity contribution in [3.8, 4) is 0 Å². The fourth-order valence-corrected chi connectivity index (χ4v) is 3.24. The first-order valence-electron chi connectivity index (χ1n) is 7.55. The monoisotopic (exact) mass is 383 g/mol. The molecule has 1 fully saturated rings. The zero-order chi connectivity index (χ0) is 17.3. The van der Waals surface area contributed by atoms with Crippen LogP contribution in [-0.4, -0.2) is 34.7 Å². The Labute approximate surface area is 156 Å². The van der Waals surface area contributed by atoms with E-state index in [0.29, 0.717) is 12.2 Å². The zero-order valence-electron chi connectivity index (χ0n) is 13.5. The predicted octanol–water partition coefficient (Wildman–Crippen LogP) is 1.54. The molecule has 2 atom stereocenters. The first-order valence-corrected chi connectivity index (χ1v) is 7.93. The molecule has 25 heavy (non-hydrogen) atoms. The average Bonchev–Trinajstić information content (AvgIpc) is 3.15. The maximum Gasteiger partial charge on any atom is 0.250 e. The Balaban J connectivity index is 0.00000225. The number of amides is 2. The van der Waals surface area contributed by atoms with Crippen molar-refractivity contribution in [1.82, 2.24) is 15.1 Å². The molecule has 0 aliphatic carbocycles. The first kappa shape index (κ1) is 19.2. The third kappa shape index (κ3) is 4.12. The molecule has 1 aromatic heterocycles. The van der Waals surface area contributed by atoms with Gasteiger partial charge in [-0.1, -0.05) is 11.6 Å². The molecular formula is C16H19Cl2N5O2. The number of hydrogen-bond donors (Lipinski definition) is 3. The van der Waals surface area contributed by atoms with Gasteiger partial charge in [0, 0.05) is 37.9 Å². The molecule has 4 N–H and O–H groups in total. The Hall–Kier alpha value is -2.09. The summed E-state index contributed by atoms with van der Waals surface area (Å²) in [5, 5.41) is 10.5. The smallest absolute Gasteiger partial charge is 0.250 e. The van der Waals surface area contributed by atoms with Crippen molar-refractivity contribution < 1.29 is 9.59 Å². The minimum atomic E-state index is -0.602. The lowest BCUT2D eigenvalue weighted by Gasteiger charge is -2.17. The van der Waals surface area contributed by atoms with Gasteiger partial charge in [-0.3, -0.25) is 14.3 Å². The third-order valence-corrected chi connectivity index (χ3v) is 4.52. The summed E-state index contributed by atoms with van der Waals surface area (Å²) < 4.78 is 1.73. The highest BCUT2D eigenvalue weighted by atomic mass is 35.5. The second-order valence-electron chi connectivity index (χ2n) is 5.87. The second-order valence-corrected chi connectivity index (χ2v) is 6.27. The summed E-state index contributed by atoms with van der Waals surface area (Å²) in [4.78, 5) is 23.8. The molecule has 0 spiro atoms. The molecular weight excluding hydrogens is 365 g/mol. The van der Waals surface area contributed by atoms with Gasteiger partial charge in [-0.2, -0.15) is 5.10 Å². The summed E-state index contributed by atoms with van der Waals surface area (Å²) in [6.07, 6.45) is 3.72. The normalized spacial score (nSPS) is 19.3. The molecule has 1 aliphatic heterocycles. The molecule has 3 rings (SSSR count). The van der Waals surface area contributed by atoms with E-state index in [0.717, 1.165) is 12.1 Å². The van der Waals surface area contributed by atoms with Gasteiger partial charge in [0.05, 0.1) is 22.7 Å². The van der Waals surface area contributed by atoms with Crippen LogP contribution in [0.4, 0.5) is 5.69 Å². The summed E-state index contributed by atoms with van der Waals surface area (Å²) in [7, 11) is 1.85. The van der Waals surface area contributed by atoms with Gasteiger partial charge in [-0.25, -0.2) is 0 Å². The fourth-order valence-electron chi connectivity index (χ4n) is 2.96. The van der Waals surface area contributed by atoms with Crippen LogP contribution in [0.1, 0.15) is 21.8 Å². The molecule has 2 heterocycles. The van der Waals surface area contributed by atoms with Crippen LogP contribution in [0.25, 0.3) is 0 Å². The maximum atomic E-state index is 12.6. The highest BCUT2D eigenvalue weighted by molar-refractivity contribution is 6.34. The molecule has 2 aromatic rings. The molecule has 134 valence electrons. The molecule has 9 heteroatoms. The topological polar surface area (TPSA) is 102 Å². The Morgan fingerprint density at radius 1 is 1.40 bits per heavy atom. The Morgan fingerprint density at radius 3 is 2.76 bits per heavy atom. The lowest BCUT2D eigenvalue weighted by molar-refractivity contribution is -0.119. The minimum Gasteiger partial charge on any atom is -0.366 e. The second kappa shape index (κ2) is 7.86. The average molecular weight is 384 g/mol. The van der Waals surface area contributed by atoms with Crippen molar-refractivity contribution in [3.63, 3.8) is 0 Å². The van der Waals surface area contributed by atoms with E-state index in [-0.39, 0.29) is 40.7 Å². The van der Waals surface area contributed by atoms with E-state index in [2.05, 4.69) is 15.7 Å². The van der Waals surface area contributed by atoms with Gasteiger partial charge in [0.25, 0.3) is 0 Å². The van der Waals surface area contributed by atoms with Gasteiger partial charge in [0.2, 0.25) is 11.8 Å². The van der Waals surface area contributed by atoms with Gasteiger partial charge in [-0.15, -0.1) is 12.4 Å². The van der Waals surface area contributed by atoms with E-state index >= 15 is 0 Å². The van der Waals surface area contributed by atoms with E-state index in [9.17, 15) is 9.59 Å². The highest BCUT2D eigenvalue weighted by Gasteiger charge is 2.34.